The molecule has 4 nitrogen and oxygen atoms in total. The van der Waals surface area contributed by atoms with Gasteiger partial charge in [-0.05, 0) is 49.2 Å². The highest BCUT2D eigenvalue weighted by atomic mass is 35.5. The van der Waals surface area contributed by atoms with E-state index in [0.717, 1.165) is 65.1 Å². The molecule has 1 aliphatic rings. The number of piperazine rings is 1. The van der Waals surface area contributed by atoms with Gasteiger partial charge in [-0.3, -0.25) is 9.69 Å². The number of aryl methyl sites for hydroxylation is 2. The molecule has 0 bridgehead atoms. The molecule has 2 heterocycles. The molecule has 1 aromatic heterocycles. The van der Waals surface area contributed by atoms with E-state index in [2.05, 4.69) is 24.1 Å². The van der Waals surface area contributed by atoms with E-state index in [4.69, 9.17) is 16.6 Å². The fourth-order valence-electron chi connectivity index (χ4n) is 3.49. The summed E-state index contributed by atoms with van der Waals surface area (Å²) in [6, 6.07) is 13.7. The highest BCUT2D eigenvalue weighted by molar-refractivity contribution is 7.09. The van der Waals surface area contributed by atoms with Crippen molar-refractivity contribution < 1.29 is 4.79 Å². The predicted octanol–water partition coefficient (Wildman–Crippen LogP) is 5.04. The Morgan fingerprint density at radius 1 is 1.03 bits per heavy atom. The Labute approximate surface area is 180 Å². The first kappa shape index (κ1) is 20.1. The first-order chi connectivity index (χ1) is 14.0. The Hall–Kier alpha value is -2.21. The Morgan fingerprint density at radius 2 is 1.76 bits per heavy atom. The van der Waals surface area contributed by atoms with Crippen LogP contribution in [0.1, 0.15) is 26.5 Å². The molecule has 0 saturated carbocycles. The summed E-state index contributed by atoms with van der Waals surface area (Å²) in [6.45, 7) is 8.18. The van der Waals surface area contributed by atoms with Crippen molar-refractivity contribution in [2.75, 3.05) is 26.2 Å². The molecule has 0 N–H and O–H groups in total. The molecule has 0 radical (unpaired) electrons. The molecule has 3 aromatic rings. The zero-order chi connectivity index (χ0) is 20.4. The second kappa shape index (κ2) is 8.66. The van der Waals surface area contributed by atoms with Gasteiger partial charge in [-0.15, -0.1) is 11.3 Å². The van der Waals surface area contributed by atoms with E-state index in [9.17, 15) is 4.79 Å². The topological polar surface area (TPSA) is 36.4 Å². The molecule has 0 aliphatic carbocycles. The normalized spacial score (nSPS) is 14.9. The molecule has 1 amide bonds. The molecule has 0 unspecified atom stereocenters. The number of carbonyl (C=O) groups is 1. The van der Waals surface area contributed by atoms with Crippen molar-refractivity contribution >= 4 is 28.8 Å². The van der Waals surface area contributed by atoms with E-state index in [0.29, 0.717) is 0 Å². The van der Waals surface area contributed by atoms with Crippen LogP contribution in [0.25, 0.3) is 11.3 Å². The van der Waals surface area contributed by atoms with Gasteiger partial charge in [0.1, 0.15) is 5.01 Å². The van der Waals surface area contributed by atoms with Crippen LogP contribution in [0.5, 0.6) is 0 Å². The number of amides is 1. The average Bonchev–Trinajstić information content (AvgIpc) is 3.19. The third kappa shape index (κ3) is 4.69. The molecule has 1 aliphatic heterocycles. The number of halogens is 1. The summed E-state index contributed by atoms with van der Waals surface area (Å²) >= 11 is 7.65. The molecule has 1 saturated heterocycles. The number of hydrogen-bond acceptors (Lipinski definition) is 4. The van der Waals surface area contributed by atoms with Gasteiger partial charge >= 0.3 is 0 Å². The number of nitrogens with zero attached hydrogens (tertiary/aromatic N) is 3. The van der Waals surface area contributed by atoms with E-state index in [1.54, 1.807) is 11.3 Å². The number of benzene rings is 2. The van der Waals surface area contributed by atoms with E-state index >= 15 is 0 Å². The molecule has 150 valence electrons. The largest absolute Gasteiger partial charge is 0.336 e. The highest BCUT2D eigenvalue weighted by Gasteiger charge is 2.23. The molecule has 2 aromatic carbocycles. The molecular weight excluding hydrogens is 402 g/mol. The zero-order valence-electron chi connectivity index (χ0n) is 16.7. The van der Waals surface area contributed by atoms with Gasteiger partial charge in [-0.1, -0.05) is 29.8 Å². The van der Waals surface area contributed by atoms with Crippen molar-refractivity contribution in [3.63, 3.8) is 0 Å². The highest BCUT2D eigenvalue weighted by Crippen LogP contribution is 2.24. The van der Waals surface area contributed by atoms with Gasteiger partial charge in [0.15, 0.2) is 0 Å². The van der Waals surface area contributed by atoms with E-state index < -0.39 is 0 Å². The summed E-state index contributed by atoms with van der Waals surface area (Å²) in [5.41, 5.74) is 5.24. The van der Waals surface area contributed by atoms with Crippen LogP contribution < -0.4 is 0 Å². The SMILES string of the molecule is Cc1ccc(C(=O)N2CCN(Cc3nc(-c4ccc(Cl)cc4)cs3)CC2)cc1C. The van der Waals surface area contributed by atoms with Crippen molar-refractivity contribution in [2.24, 2.45) is 0 Å². The lowest BCUT2D eigenvalue weighted by Crippen LogP contribution is -2.48. The summed E-state index contributed by atoms with van der Waals surface area (Å²) in [5, 5.41) is 3.93. The van der Waals surface area contributed by atoms with E-state index in [1.165, 1.54) is 5.56 Å². The Morgan fingerprint density at radius 3 is 2.45 bits per heavy atom. The lowest BCUT2D eigenvalue weighted by Gasteiger charge is -2.34. The lowest BCUT2D eigenvalue weighted by atomic mass is 10.1. The van der Waals surface area contributed by atoms with Crippen molar-refractivity contribution in [3.05, 3.63) is 74.6 Å². The molecule has 0 spiro atoms. The molecule has 6 heteroatoms. The maximum Gasteiger partial charge on any atom is 0.253 e. The fraction of sp³-hybridized carbons (Fsp3) is 0.304. The fourth-order valence-corrected chi connectivity index (χ4v) is 4.46. The second-order valence-electron chi connectivity index (χ2n) is 7.50. The van der Waals surface area contributed by atoms with Crippen LogP contribution in [0.3, 0.4) is 0 Å². The monoisotopic (exact) mass is 425 g/mol. The minimum Gasteiger partial charge on any atom is -0.336 e. The maximum absolute atomic E-state index is 12.8. The second-order valence-corrected chi connectivity index (χ2v) is 8.88. The summed E-state index contributed by atoms with van der Waals surface area (Å²) in [4.78, 5) is 21.9. The molecule has 0 atom stereocenters. The zero-order valence-corrected chi connectivity index (χ0v) is 18.3. The first-order valence-corrected chi connectivity index (χ1v) is 11.0. The average molecular weight is 426 g/mol. The van der Waals surface area contributed by atoms with Gasteiger partial charge in [0.2, 0.25) is 0 Å². The van der Waals surface area contributed by atoms with Gasteiger partial charge in [0.05, 0.1) is 12.2 Å². The van der Waals surface area contributed by atoms with E-state index in [-0.39, 0.29) is 5.91 Å². The lowest BCUT2D eigenvalue weighted by molar-refractivity contribution is 0.0628. The number of hydrogen-bond donors (Lipinski definition) is 0. The number of carbonyl (C=O) groups excluding carboxylic acids is 1. The third-order valence-electron chi connectivity index (χ3n) is 5.46. The summed E-state index contributed by atoms with van der Waals surface area (Å²) in [5.74, 6) is 0.132. The van der Waals surface area contributed by atoms with Gasteiger partial charge < -0.3 is 4.90 Å². The molecule has 29 heavy (non-hydrogen) atoms. The van der Waals surface area contributed by atoms with Crippen LogP contribution in [-0.4, -0.2) is 46.9 Å². The minimum absolute atomic E-state index is 0.132. The van der Waals surface area contributed by atoms with Gasteiger partial charge in [0, 0.05) is 47.7 Å². The van der Waals surface area contributed by atoms with Crippen LogP contribution in [0.2, 0.25) is 5.02 Å². The molecular formula is C23H24ClN3OS. The van der Waals surface area contributed by atoms with Crippen LogP contribution in [0, 0.1) is 13.8 Å². The number of rotatable bonds is 4. The van der Waals surface area contributed by atoms with E-state index in [1.807, 2.05) is 47.4 Å². The Bertz CT molecular complexity index is 1010. The summed E-state index contributed by atoms with van der Waals surface area (Å²) < 4.78 is 0. The number of aromatic nitrogens is 1. The first-order valence-electron chi connectivity index (χ1n) is 9.79. The van der Waals surface area contributed by atoms with Gasteiger partial charge in [-0.25, -0.2) is 4.98 Å². The van der Waals surface area contributed by atoms with Crippen molar-refractivity contribution in [2.45, 2.75) is 20.4 Å². The Kier molecular flexibility index (Phi) is 5.99. The van der Waals surface area contributed by atoms with Gasteiger partial charge in [-0.2, -0.15) is 0 Å². The van der Waals surface area contributed by atoms with Crippen molar-refractivity contribution in [3.8, 4) is 11.3 Å². The van der Waals surface area contributed by atoms with Crippen molar-refractivity contribution in [1.29, 1.82) is 0 Å². The van der Waals surface area contributed by atoms with Crippen molar-refractivity contribution in [1.82, 2.24) is 14.8 Å². The molecule has 4 rings (SSSR count). The van der Waals surface area contributed by atoms with Crippen LogP contribution in [0.4, 0.5) is 0 Å². The third-order valence-corrected chi connectivity index (χ3v) is 6.55. The summed E-state index contributed by atoms with van der Waals surface area (Å²) in [6.07, 6.45) is 0. The standard InChI is InChI=1S/C23H24ClN3OS/c1-16-3-4-19(13-17(16)2)23(28)27-11-9-26(10-12-27)14-22-25-21(15-29-22)18-5-7-20(24)8-6-18/h3-8,13,15H,9-12,14H2,1-2H3. The predicted molar refractivity (Wildman–Crippen MR) is 120 cm³/mol. The minimum atomic E-state index is 0.132. The maximum atomic E-state index is 12.8. The van der Waals surface area contributed by atoms with Crippen LogP contribution in [-0.2, 0) is 6.54 Å². The number of thiazole rings is 1. The quantitative estimate of drug-likeness (QED) is 0.587. The Balaban J connectivity index is 1.33. The van der Waals surface area contributed by atoms with Gasteiger partial charge in [0.25, 0.3) is 5.91 Å². The summed E-state index contributed by atoms with van der Waals surface area (Å²) in [7, 11) is 0. The van der Waals surface area contributed by atoms with Crippen LogP contribution in [0.15, 0.2) is 47.8 Å². The smallest absolute Gasteiger partial charge is 0.253 e. The molecule has 1 fully saturated rings. The van der Waals surface area contributed by atoms with Crippen LogP contribution >= 0.6 is 22.9 Å².